The molecule has 2 nitrogen and oxygen atoms in total. The fourth-order valence-corrected chi connectivity index (χ4v) is 2.88. The first-order valence-electron chi connectivity index (χ1n) is 6.79. The minimum Gasteiger partial charge on any atom is -0.384 e. The van der Waals surface area contributed by atoms with Gasteiger partial charge in [-0.15, -0.1) is 11.3 Å². The Morgan fingerprint density at radius 2 is 1.95 bits per heavy atom. The maximum atomic E-state index is 5.83. The predicted molar refractivity (Wildman–Crippen MR) is 85.6 cm³/mol. The predicted octanol–water partition coefficient (Wildman–Crippen LogP) is 4.06. The van der Waals surface area contributed by atoms with E-state index in [1.54, 1.807) is 11.3 Å². The Balaban J connectivity index is 2.13. The summed E-state index contributed by atoms with van der Waals surface area (Å²) >= 11 is 1.77. The molecular weight excluding hydrogens is 252 g/mol. The van der Waals surface area contributed by atoms with Crippen molar-refractivity contribution >= 4 is 17.0 Å². The van der Waals surface area contributed by atoms with Crippen LogP contribution in [0.5, 0.6) is 0 Å². The molecule has 2 aromatic rings. The molecule has 1 aromatic heterocycles. The van der Waals surface area contributed by atoms with Gasteiger partial charge in [-0.1, -0.05) is 38.1 Å². The van der Waals surface area contributed by atoms with Gasteiger partial charge in [0.1, 0.15) is 0 Å². The van der Waals surface area contributed by atoms with Gasteiger partial charge in [0.25, 0.3) is 0 Å². The zero-order chi connectivity index (χ0) is 13.7. The van der Waals surface area contributed by atoms with Gasteiger partial charge < -0.3 is 11.1 Å². The molecule has 0 spiro atoms. The van der Waals surface area contributed by atoms with Crippen LogP contribution >= 0.6 is 11.3 Å². The van der Waals surface area contributed by atoms with Crippen molar-refractivity contribution in [3.8, 4) is 10.4 Å². The normalized spacial score (nSPS) is 12.6. The van der Waals surface area contributed by atoms with Gasteiger partial charge in [0.05, 0.1) is 0 Å². The summed E-state index contributed by atoms with van der Waals surface area (Å²) in [7, 11) is 0. The van der Waals surface area contributed by atoms with Gasteiger partial charge >= 0.3 is 0 Å². The van der Waals surface area contributed by atoms with Crippen LogP contribution in [0.1, 0.15) is 13.8 Å². The Hall–Kier alpha value is -1.32. The summed E-state index contributed by atoms with van der Waals surface area (Å²) in [5, 5.41) is 5.67. The summed E-state index contributed by atoms with van der Waals surface area (Å²) < 4.78 is 0. The van der Waals surface area contributed by atoms with E-state index in [2.05, 4.69) is 60.9 Å². The molecule has 19 heavy (non-hydrogen) atoms. The molecule has 3 N–H and O–H groups in total. The van der Waals surface area contributed by atoms with Crippen LogP contribution < -0.4 is 11.1 Å². The van der Waals surface area contributed by atoms with Crippen LogP contribution in [0, 0.1) is 11.8 Å². The molecule has 0 fully saturated rings. The molecule has 0 radical (unpaired) electrons. The number of thiophene rings is 1. The maximum absolute atomic E-state index is 5.83. The van der Waals surface area contributed by atoms with E-state index < -0.39 is 0 Å². The van der Waals surface area contributed by atoms with Crippen LogP contribution in [0.15, 0.2) is 41.8 Å². The van der Waals surface area contributed by atoms with Gasteiger partial charge in [-0.25, -0.2) is 0 Å². The Morgan fingerprint density at radius 1 is 1.16 bits per heavy atom. The first-order valence-corrected chi connectivity index (χ1v) is 7.67. The van der Waals surface area contributed by atoms with Crippen molar-refractivity contribution in [2.24, 2.45) is 17.6 Å². The summed E-state index contributed by atoms with van der Waals surface area (Å²) in [6, 6.07) is 12.7. The van der Waals surface area contributed by atoms with Gasteiger partial charge in [0.2, 0.25) is 0 Å². The number of para-hydroxylation sites is 1. The zero-order valence-electron chi connectivity index (χ0n) is 11.6. The second kappa shape index (κ2) is 6.73. The molecule has 0 aliphatic heterocycles. The third-order valence-electron chi connectivity index (χ3n) is 3.51. The van der Waals surface area contributed by atoms with E-state index >= 15 is 0 Å². The number of nitrogens with two attached hydrogens (primary N) is 1. The van der Waals surface area contributed by atoms with Gasteiger partial charge in [-0.2, -0.15) is 0 Å². The number of hydrogen-bond donors (Lipinski definition) is 2. The van der Waals surface area contributed by atoms with E-state index in [-0.39, 0.29) is 0 Å². The van der Waals surface area contributed by atoms with Crippen molar-refractivity contribution in [1.29, 1.82) is 0 Å². The SMILES string of the molecule is CC(C)C(CN)CNc1ccccc1-c1cccs1. The van der Waals surface area contributed by atoms with E-state index in [4.69, 9.17) is 5.73 Å². The molecule has 1 heterocycles. The summed E-state index contributed by atoms with van der Waals surface area (Å²) in [5.74, 6) is 1.11. The molecule has 102 valence electrons. The van der Waals surface area contributed by atoms with E-state index in [0.29, 0.717) is 11.8 Å². The molecule has 0 saturated heterocycles. The minimum atomic E-state index is 0.511. The van der Waals surface area contributed by atoms with Crippen LogP contribution in [-0.2, 0) is 0 Å². The standard InChI is InChI=1S/C16H22N2S/c1-12(2)13(10-17)11-18-15-7-4-3-6-14(15)16-8-5-9-19-16/h3-9,12-13,18H,10-11,17H2,1-2H3. The molecule has 1 aromatic carbocycles. The highest BCUT2D eigenvalue weighted by Gasteiger charge is 2.12. The molecule has 0 aliphatic carbocycles. The van der Waals surface area contributed by atoms with E-state index in [0.717, 1.165) is 13.1 Å². The fourth-order valence-electron chi connectivity index (χ4n) is 2.12. The zero-order valence-corrected chi connectivity index (χ0v) is 12.4. The van der Waals surface area contributed by atoms with Crippen molar-refractivity contribution < 1.29 is 0 Å². The van der Waals surface area contributed by atoms with Crippen LogP contribution in [0.25, 0.3) is 10.4 Å². The van der Waals surface area contributed by atoms with Crippen molar-refractivity contribution in [2.75, 3.05) is 18.4 Å². The molecule has 0 aliphatic rings. The maximum Gasteiger partial charge on any atom is 0.0428 e. The lowest BCUT2D eigenvalue weighted by atomic mass is 9.96. The quantitative estimate of drug-likeness (QED) is 0.833. The lowest BCUT2D eigenvalue weighted by molar-refractivity contribution is 0.413. The average Bonchev–Trinajstić information content (AvgIpc) is 2.93. The second-order valence-corrected chi connectivity index (χ2v) is 6.09. The third kappa shape index (κ3) is 3.58. The van der Waals surface area contributed by atoms with Crippen LogP contribution in [-0.4, -0.2) is 13.1 Å². The molecule has 1 atom stereocenters. The summed E-state index contributed by atoms with van der Waals surface area (Å²) in [6.07, 6.45) is 0. The van der Waals surface area contributed by atoms with Gasteiger partial charge in [-0.3, -0.25) is 0 Å². The Morgan fingerprint density at radius 3 is 2.58 bits per heavy atom. The molecule has 3 heteroatoms. The molecular formula is C16H22N2S. The first-order chi connectivity index (χ1) is 9.22. The highest BCUT2D eigenvalue weighted by atomic mass is 32.1. The molecule has 0 amide bonds. The number of rotatable bonds is 6. The van der Waals surface area contributed by atoms with E-state index in [1.807, 2.05) is 0 Å². The van der Waals surface area contributed by atoms with E-state index in [1.165, 1.54) is 16.1 Å². The van der Waals surface area contributed by atoms with E-state index in [9.17, 15) is 0 Å². The Kier molecular flexibility index (Phi) is 5.00. The Bertz CT molecular complexity index is 491. The lowest BCUT2D eigenvalue weighted by Gasteiger charge is -2.21. The van der Waals surface area contributed by atoms with Crippen LogP contribution in [0.2, 0.25) is 0 Å². The lowest BCUT2D eigenvalue weighted by Crippen LogP contribution is -2.27. The minimum absolute atomic E-state index is 0.511. The summed E-state index contributed by atoms with van der Waals surface area (Å²) in [5.41, 5.74) is 8.31. The smallest absolute Gasteiger partial charge is 0.0428 e. The Labute approximate surface area is 119 Å². The number of hydrogen-bond acceptors (Lipinski definition) is 3. The first kappa shape index (κ1) is 14.1. The van der Waals surface area contributed by atoms with Crippen LogP contribution in [0.3, 0.4) is 0 Å². The summed E-state index contributed by atoms with van der Waals surface area (Å²) in [6.45, 7) is 6.11. The van der Waals surface area contributed by atoms with Gasteiger partial charge in [0, 0.05) is 22.7 Å². The van der Waals surface area contributed by atoms with Gasteiger partial charge in [0.15, 0.2) is 0 Å². The van der Waals surface area contributed by atoms with Crippen molar-refractivity contribution in [2.45, 2.75) is 13.8 Å². The molecule has 2 rings (SSSR count). The second-order valence-electron chi connectivity index (χ2n) is 5.14. The van der Waals surface area contributed by atoms with Gasteiger partial charge in [-0.05, 0) is 35.9 Å². The van der Waals surface area contributed by atoms with Crippen molar-refractivity contribution in [3.63, 3.8) is 0 Å². The number of anilines is 1. The van der Waals surface area contributed by atoms with Crippen molar-refractivity contribution in [3.05, 3.63) is 41.8 Å². The van der Waals surface area contributed by atoms with Crippen LogP contribution in [0.4, 0.5) is 5.69 Å². The summed E-state index contributed by atoms with van der Waals surface area (Å²) in [4.78, 5) is 1.30. The fraction of sp³-hybridized carbons (Fsp3) is 0.375. The van der Waals surface area contributed by atoms with Crippen molar-refractivity contribution in [1.82, 2.24) is 0 Å². The number of nitrogens with one attached hydrogen (secondary N) is 1. The molecule has 1 unspecified atom stereocenters. The highest BCUT2D eigenvalue weighted by Crippen LogP contribution is 2.31. The number of benzene rings is 1. The molecule has 0 saturated carbocycles. The topological polar surface area (TPSA) is 38.0 Å². The third-order valence-corrected chi connectivity index (χ3v) is 4.42. The monoisotopic (exact) mass is 274 g/mol. The molecule has 0 bridgehead atoms. The average molecular weight is 274 g/mol. The highest BCUT2D eigenvalue weighted by molar-refractivity contribution is 7.13. The largest absolute Gasteiger partial charge is 0.384 e.